The van der Waals surface area contributed by atoms with E-state index in [0.717, 1.165) is 32.4 Å². The molecule has 4 heteroatoms. The smallest absolute Gasteiger partial charge is 0.238 e. The highest BCUT2D eigenvalue weighted by Gasteiger charge is 2.28. The summed E-state index contributed by atoms with van der Waals surface area (Å²) < 4.78 is 0. The Morgan fingerprint density at radius 2 is 2.33 bits per heavy atom. The molecule has 1 heterocycles. The van der Waals surface area contributed by atoms with Crippen LogP contribution in [0.15, 0.2) is 0 Å². The van der Waals surface area contributed by atoms with Crippen molar-refractivity contribution in [2.24, 2.45) is 5.73 Å². The topological polar surface area (TPSA) is 58.4 Å². The highest BCUT2D eigenvalue weighted by molar-refractivity contribution is 5.82. The second kappa shape index (κ2) is 6.08. The van der Waals surface area contributed by atoms with Crippen LogP contribution < -0.4 is 11.1 Å². The zero-order chi connectivity index (χ0) is 11.3. The molecule has 1 amide bonds. The van der Waals surface area contributed by atoms with Crippen LogP contribution in [0.2, 0.25) is 0 Å². The summed E-state index contributed by atoms with van der Waals surface area (Å²) in [6.07, 6.45) is 3.31. The van der Waals surface area contributed by atoms with Crippen LogP contribution in [-0.2, 0) is 4.79 Å². The van der Waals surface area contributed by atoms with Crippen LogP contribution in [0.5, 0.6) is 0 Å². The van der Waals surface area contributed by atoms with Gasteiger partial charge in [0.1, 0.15) is 6.04 Å². The summed E-state index contributed by atoms with van der Waals surface area (Å²) in [5.41, 5.74) is 5.67. The summed E-state index contributed by atoms with van der Waals surface area (Å²) in [5, 5.41) is 2.99. The molecule has 15 heavy (non-hydrogen) atoms. The molecule has 0 radical (unpaired) electrons. The molecule has 1 aliphatic heterocycles. The van der Waals surface area contributed by atoms with Gasteiger partial charge >= 0.3 is 0 Å². The van der Waals surface area contributed by atoms with E-state index in [1.54, 1.807) is 0 Å². The number of amides is 1. The van der Waals surface area contributed by atoms with Gasteiger partial charge in [-0.25, -0.2) is 0 Å². The quantitative estimate of drug-likeness (QED) is 0.707. The highest BCUT2D eigenvalue weighted by atomic mass is 16.2. The number of carbonyl (C=O) groups excluding carboxylic acids is 1. The normalized spacial score (nSPS) is 28.6. The molecule has 2 unspecified atom stereocenters. The van der Waals surface area contributed by atoms with E-state index in [4.69, 9.17) is 5.73 Å². The molecule has 2 atom stereocenters. The van der Waals surface area contributed by atoms with E-state index in [2.05, 4.69) is 24.1 Å². The fraction of sp³-hybridized carbons (Fsp3) is 0.909. The van der Waals surface area contributed by atoms with Crippen molar-refractivity contribution < 1.29 is 4.79 Å². The molecule has 0 spiro atoms. The minimum Gasteiger partial charge on any atom is -0.352 e. The Morgan fingerprint density at radius 1 is 1.60 bits per heavy atom. The molecule has 3 N–H and O–H groups in total. The van der Waals surface area contributed by atoms with Crippen LogP contribution in [0.4, 0.5) is 0 Å². The Balaban J connectivity index is 2.60. The molecule has 0 saturated carbocycles. The standard InChI is InChI=1S/C11H23N3O/c1-3-4-6-14-7-5-9(2)13-11(15)10(14)8-12/h9-10H,3-8,12H2,1-2H3,(H,13,15). The monoisotopic (exact) mass is 213 g/mol. The van der Waals surface area contributed by atoms with Crippen LogP contribution >= 0.6 is 0 Å². The molecule has 0 aromatic carbocycles. The van der Waals surface area contributed by atoms with Gasteiger partial charge in [-0.1, -0.05) is 13.3 Å². The van der Waals surface area contributed by atoms with E-state index >= 15 is 0 Å². The average molecular weight is 213 g/mol. The number of nitrogens with one attached hydrogen (secondary N) is 1. The number of unbranched alkanes of at least 4 members (excludes halogenated alkanes) is 1. The molecule has 0 aromatic rings. The zero-order valence-corrected chi connectivity index (χ0v) is 9.83. The molecule has 1 rings (SSSR count). The summed E-state index contributed by atoms with van der Waals surface area (Å²) in [6.45, 7) is 6.59. The first-order valence-corrected chi connectivity index (χ1v) is 5.93. The maximum atomic E-state index is 11.8. The van der Waals surface area contributed by atoms with E-state index in [1.807, 2.05) is 0 Å². The SMILES string of the molecule is CCCCN1CCC(C)NC(=O)C1CN. The van der Waals surface area contributed by atoms with Crippen molar-refractivity contribution in [2.75, 3.05) is 19.6 Å². The molecule has 88 valence electrons. The second-order valence-corrected chi connectivity index (χ2v) is 4.34. The number of carbonyl (C=O) groups is 1. The summed E-state index contributed by atoms with van der Waals surface area (Å²) in [5.74, 6) is 0.0959. The van der Waals surface area contributed by atoms with Gasteiger partial charge in [0.15, 0.2) is 0 Å². The van der Waals surface area contributed by atoms with E-state index in [1.165, 1.54) is 0 Å². The fourth-order valence-corrected chi connectivity index (χ4v) is 1.98. The molecule has 1 saturated heterocycles. The van der Waals surface area contributed by atoms with Gasteiger partial charge in [0.2, 0.25) is 5.91 Å². The maximum Gasteiger partial charge on any atom is 0.238 e. The van der Waals surface area contributed by atoms with Gasteiger partial charge in [-0.05, 0) is 26.3 Å². The van der Waals surface area contributed by atoms with Gasteiger partial charge in [-0.3, -0.25) is 9.69 Å². The van der Waals surface area contributed by atoms with Crippen molar-refractivity contribution in [1.29, 1.82) is 0 Å². The largest absolute Gasteiger partial charge is 0.352 e. The number of hydrogen-bond acceptors (Lipinski definition) is 3. The van der Waals surface area contributed by atoms with Gasteiger partial charge < -0.3 is 11.1 Å². The molecule has 0 bridgehead atoms. The molecule has 1 aliphatic rings. The first-order valence-electron chi connectivity index (χ1n) is 5.93. The minimum atomic E-state index is -0.124. The first kappa shape index (κ1) is 12.5. The van der Waals surface area contributed by atoms with Gasteiger partial charge in [-0.15, -0.1) is 0 Å². The van der Waals surface area contributed by atoms with Crippen LogP contribution in [0.25, 0.3) is 0 Å². The molecule has 0 aliphatic carbocycles. The van der Waals surface area contributed by atoms with Gasteiger partial charge in [0.05, 0.1) is 0 Å². The van der Waals surface area contributed by atoms with Crippen LogP contribution in [-0.4, -0.2) is 42.5 Å². The molecular weight excluding hydrogens is 190 g/mol. The van der Waals surface area contributed by atoms with Gasteiger partial charge in [0.25, 0.3) is 0 Å². The van der Waals surface area contributed by atoms with Crippen molar-refractivity contribution >= 4 is 5.91 Å². The predicted molar refractivity (Wildman–Crippen MR) is 61.5 cm³/mol. The lowest BCUT2D eigenvalue weighted by molar-refractivity contribution is -0.125. The third kappa shape index (κ3) is 3.47. The lowest BCUT2D eigenvalue weighted by Gasteiger charge is -2.26. The Hall–Kier alpha value is -0.610. The number of nitrogens with zero attached hydrogens (tertiary/aromatic N) is 1. The van der Waals surface area contributed by atoms with Crippen molar-refractivity contribution in [2.45, 2.75) is 45.2 Å². The van der Waals surface area contributed by atoms with Crippen molar-refractivity contribution in [3.8, 4) is 0 Å². The Bertz CT molecular complexity index is 208. The first-order chi connectivity index (χ1) is 7.19. The summed E-state index contributed by atoms with van der Waals surface area (Å²) in [7, 11) is 0. The fourth-order valence-electron chi connectivity index (χ4n) is 1.98. The van der Waals surface area contributed by atoms with E-state index in [0.29, 0.717) is 6.54 Å². The van der Waals surface area contributed by atoms with E-state index in [-0.39, 0.29) is 18.0 Å². The molecule has 0 aromatic heterocycles. The zero-order valence-electron chi connectivity index (χ0n) is 9.83. The minimum absolute atomic E-state index is 0.0959. The molecule has 4 nitrogen and oxygen atoms in total. The van der Waals surface area contributed by atoms with Crippen molar-refractivity contribution in [1.82, 2.24) is 10.2 Å². The van der Waals surface area contributed by atoms with Crippen molar-refractivity contribution in [3.63, 3.8) is 0 Å². The third-order valence-electron chi connectivity index (χ3n) is 3.00. The average Bonchev–Trinajstić information content (AvgIpc) is 2.34. The Morgan fingerprint density at radius 3 is 2.93 bits per heavy atom. The van der Waals surface area contributed by atoms with Crippen molar-refractivity contribution in [3.05, 3.63) is 0 Å². The Kier molecular flexibility index (Phi) is 5.05. The van der Waals surface area contributed by atoms with Crippen LogP contribution in [0.3, 0.4) is 0 Å². The predicted octanol–water partition coefficient (Wildman–Crippen LogP) is 0.324. The molecular formula is C11H23N3O. The molecule has 1 fully saturated rings. The van der Waals surface area contributed by atoms with Crippen LogP contribution in [0, 0.1) is 0 Å². The summed E-state index contributed by atoms with van der Waals surface area (Å²) >= 11 is 0. The van der Waals surface area contributed by atoms with Gasteiger partial charge in [0, 0.05) is 19.1 Å². The lowest BCUT2D eigenvalue weighted by atomic mass is 10.2. The second-order valence-electron chi connectivity index (χ2n) is 4.34. The summed E-state index contributed by atoms with van der Waals surface area (Å²) in [4.78, 5) is 14.0. The van der Waals surface area contributed by atoms with Crippen LogP contribution in [0.1, 0.15) is 33.1 Å². The third-order valence-corrected chi connectivity index (χ3v) is 3.00. The van der Waals surface area contributed by atoms with E-state index < -0.39 is 0 Å². The summed E-state index contributed by atoms with van der Waals surface area (Å²) in [6, 6.07) is 0.152. The van der Waals surface area contributed by atoms with E-state index in [9.17, 15) is 4.79 Å². The highest BCUT2D eigenvalue weighted by Crippen LogP contribution is 2.09. The lowest BCUT2D eigenvalue weighted by Crippen LogP contribution is -2.49. The Labute approximate surface area is 92.2 Å². The number of rotatable bonds is 4. The number of nitrogens with two attached hydrogens (primary N) is 1. The maximum absolute atomic E-state index is 11.8. The number of hydrogen-bond donors (Lipinski definition) is 2. The van der Waals surface area contributed by atoms with Gasteiger partial charge in [-0.2, -0.15) is 0 Å².